The number of nitrogens with one attached hydrogen (secondary N) is 1. The monoisotopic (exact) mass is 520 g/mol. The first-order chi connectivity index (χ1) is 17.1. The van der Waals surface area contributed by atoms with Crippen molar-refractivity contribution in [3.8, 4) is 0 Å². The summed E-state index contributed by atoms with van der Waals surface area (Å²) in [6.45, 7) is -0.282. The molecular formula is C24H32N4O7S. The third kappa shape index (κ3) is 5.60. The average molecular weight is 521 g/mol. The Bertz CT molecular complexity index is 1120. The number of ketones is 1. The highest BCUT2D eigenvalue weighted by Gasteiger charge is 2.48. The van der Waals surface area contributed by atoms with Crippen molar-refractivity contribution >= 4 is 33.6 Å². The van der Waals surface area contributed by atoms with Crippen LogP contribution < -0.4 is 11.1 Å². The van der Waals surface area contributed by atoms with Gasteiger partial charge in [-0.05, 0) is 50.0 Å². The molecule has 1 aliphatic carbocycles. The summed E-state index contributed by atoms with van der Waals surface area (Å²) in [5.74, 6) is -4.33. The van der Waals surface area contributed by atoms with E-state index >= 15 is 0 Å². The zero-order valence-electron chi connectivity index (χ0n) is 19.9. The molecule has 2 amide bonds. The topological polar surface area (TPSA) is 167 Å². The third-order valence-corrected chi connectivity index (χ3v) is 9.25. The molecule has 0 spiro atoms. The van der Waals surface area contributed by atoms with Crippen molar-refractivity contribution in [1.82, 2.24) is 14.5 Å². The highest BCUT2D eigenvalue weighted by atomic mass is 32.2. The summed E-state index contributed by atoms with van der Waals surface area (Å²) >= 11 is 0. The summed E-state index contributed by atoms with van der Waals surface area (Å²) in [7, 11) is -3.74. The number of amides is 2. The average Bonchev–Trinajstić information content (AvgIpc) is 3.28. The molecule has 36 heavy (non-hydrogen) atoms. The number of fused-ring (bicyclic) bond motifs is 1. The van der Waals surface area contributed by atoms with Crippen molar-refractivity contribution in [2.75, 3.05) is 13.1 Å². The summed E-state index contributed by atoms with van der Waals surface area (Å²) in [5, 5.41) is 11.9. The van der Waals surface area contributed by atoms with Gasteiger partial charge in [0.05, 0.1) is 12.3 Å². The molecule has 0 unspecified atom stereocenters. The van der Waals surface area contributed by atoms with E-state index in [1.54, 1.807) is 30.3 Å². The Kier molecular flexibility index (Phi) is 7.76. The van der Waals surface area contributed by atoms with Crippen LogP contribution in [0.1, 0.15) is 44.1 Å². The minimum atomic E-state index is -3.74. The number of hydrogen-bond donors (Lipinski definition) is 3. The molecule has 2 aliphatic heterocycles. The summed E-state index contributed by atoms with van der Waals surface area (Å²) in [4.78, 5) is 51.5. The molecule has 1 saturated carbocycles. The Labute approximate surface area is 210 Å². The van der Waals surface area contributed by atoms with E-state index in [4.69, 9.17) is 5.73 Å². The number of Topliss-reactive ketones (excluding diaryl/α,β-unsaturated/α-hetero) is 1. The van der Waals surface area contributed by atoms with Gasteiger partial charge in [-0.25, -0.2) is 13.2 Å². The van der Waals surface area contributed by atoms with Gasteiger partial charge in [0.15, 0.2) is 0 Å². The number of nitrogens with two attached hydrogens (primary N) is 1. The van der Waals surface area contributed by atoms with E-state index in [1.165, 1.54) is 9.21 Å². The fourth-order valence-corrected chi connectivity index (χ4v) is 7.08. The number of carbonyl (C=O) groups excluding carboxylic acids is 3. The molecule has 0 radical (unpaired) electrons. The molecular weight excluding hydrogens is 488 g/mol. The highest BCUT2D eigenvalue weighted by Crippen LogP contribution is 2.31. The molecule has 0 aromatic heterocycles. The van der Waals surface area contributed by atoms with Crippen LogP contribution in [0, 0.1) is 5.92 Å². The van der Waals surface area contributed by atoms with Crippen LogP contribution >= 0.6 is 0 Å². The minimum Gasteiger partial charge on any atom is -0.475 e. The van der Waals surface area contributed by atoms with E-state index in [2.05, 4.69) is 5.32 Å². The maximum atomic E-state index is 13.2. The lowest BCUT2D eigenvalue weighted by atomic mass is 9.80. The second-order valence-corrected chi connectivity index (χ2v) is 11.9. The van der Waals surface area contributed by atoms with Crippen LogP contribution in [-0.2, 0) is 35.0 Å². The molecule has 4 rings (SSSR count). The van der Waals surface area contributed by atoms with Crippen LogP contribution in [0.15, 0.2) is 30.3 Å². The predicted molar refractivity (Wildman–Crippen MR) is 129 cm³/mol. The fourth-order valence-electron chi connectivity index (χ4n) is 5.58. The quantitative estimate of drug-likeness (QED) is 0.398. The van der Waals surface area contributed by atoms with Crippen molar-refractivity contribution in [2.45, 2.75) is 68.4 Å². The Morgan fingerprint density at radius 2 is 1.72 bits per heavy atom. The lowest BCUT2D eigenvalue weighted by molar-refractivity contribution is -0.152. The van der Waals surface area contributed by atoms with Crippen molar-refractivity contribution in [3.63, 3.8) is 0 Å². The van der Waals surface area contributed by atoms with Gasteiger partial charge in [-0.15, -0.1) is 0 Å². The SMILES string of the molecule is NC1CCC([C@H](NC(=O)[C@@H]2CC[C@H]3CN(S(=O)(=O)Cc4ccccc4)CC(=O)N32)C(=O)C(=O)O)CC1. The van der Waals surface area contributed by atoms with E-state index in [1.807, 2.05) is 0 Å². The fraction of sp³-hybridized carbons (Fsp3) is 0.583. The van der Waals surface area contributed by atoms with Gasteiger partial charge in [0, 0.05) is 18.6 Å². The normalized spacial score (nSPS) is 27.8. The number of sulfonamides is 1. The Morgan fingerprint density at radius 3 is 2.36 bits per heavy atom. The molecule has 3 fully saturated rings. The Morgan fingerprint density at radius 1 is 1.06 bits per heavy atom. The molecule has 1 aromatic rings. The van der Waals surface area contributed by atoms with Crippen LogP contribution in [0.25, 0.3) is 0 Å². The number of carboxylic acid groups (broad SMARTS) is 1. The Balaban J connectivity index is 1.44. The molecule has 4 N–H and O–H groups in total. The molecule has 11 nitrogen and oxygen atoms in total. The second-order valence-electron chi connectivity index (χ2n) is 9.91. The molecule has 3 aliphatic rings. The highest BCUT2D eigenvalue weighted by molar-refractivity contribution is 7.88. The zero-order valence-corrected chi connectivity index (χ0v) is 20.7. The lowest BCUT2D eigenvalue weighted by Crippen LogP contribution is -2.61. The van der Waals surface area contributed by atoms with Crippen LogP contribution in [-0.4, -0.2) is 83.6 Å². The summed E-state index contributed by atoms with van der Waals surface area (Å²) in [6, 6.07) is 6.16. The van der Waals surface area contributed by atoms with E-state index in [9.17, 15) is 32.7 Å². The third-order valence-electron chi connectivity index (χ3n) is 7.48. The number of nitrogens with zero attached hydrogens (tertiary/aromatic N) is 2. The van der Waals surface area contributed by atoms with Crippen LogP contribution in [0.3, 0.4) is 0 Å². The summed E-state index contributed by atoms with van der Waals surface area (Å²) in [5.41, 5.74) is 6.55. The van der Waals surface area contributed by atoms with E-state index < -0.39 is 51.7 Å². The van der Waals surface area contributed by atoms with E-state index in [0.29, 0.717) is 44.1 Å². The van der Waals surface area contributed by atoms with Gasteiger partial charge in [0.2, 0.25) is 21.8 Å². The number of piperazine rings is 1. The molecule has 12 heteroatoms. The number of aliphatic carboxylic acids is 1. The van der Waals surface area contributed by atoms with Gasteiger partial charge in [-0.1, -0.05) is 30.3 Å². The molecule has 0 bridgehead atoms. The number of carbonyl (C=O) groups is 4. The van der Waals surface area contributed by atoms with Gasteiger partial charge in [0.25, 0.3) is 5.78 Å². The van der Waals surface area contributed by atoms with E-state index in [0.717, 1.165) is 0 Å². The molecule has 1 aromatic carbocycles. The molecule has 196 valence electrons. The summed E-state index contributed by atoms with van der Waals surface area (Å²) in [6.07, 6.45) is 3.04. The first-order valence-electron chi connectivity index (χ1n) is 12.2. The standard InChI is InChI=1S/C24H32N4O7S/c25-17-8-6-16(7-9-17)21(22(30)24(32)33)26-23(31)19-11-10-18-12-27(13-20(29)28(18)19)36(34,35)14-15-4-2-1-3-5-15/h1-5,16-19,21H,6-14,25H2,(H,26,31)(H,32,33)/t16?,17?,18-,19-,21-/m0/s1. The van der Waals surface area contributed by atoms with Gasteiger partial charge in [-0.3, -0.25) is 14.4 Å². The molecule has 3 atom stereocenters. The maximum Gasteiger partial charge on any atom is 0.374 e. The van der Waals surface area contributed by atoms with Gasteiger partial charge < -0.3 is 21.1 Å². The number of rotatable bonds is 8. The summed E-state index contributed by atoms with van der Waals surface area (Å²) < 4.78 is 27.1. The van der Waals surface area contributed by atoms with Gasteiger partial charge in [-0.2, -0.15) is 4.31 Å². The van der Waals surface area contributed by atoms with E-state index in [-0.39, 0.29) is 30.8 Å². The minimum absolute atomic E-state index is 0.0137. The van der Waals surface area contributed by atoms with Crippen molar-refractivity contribution in [2.24, 2.45) is 11.7 Å². The van der Waals surface area contributed by atoms with Crippen molar-refractivity contribution < 1.29 is 32.7 Å². The Hall–Kier alpha value is -2.83. The first kappa shape index (κ1) is 26.2. The van der Waals surface area contributed by atoms with Gasteiger partial charge in [0.1, 0.15) is 12.1 Å². The van der Waals surface area contributed by atoms with Crippen molar-refractivity contribution in [1.29, 1.82) is 0 Å². The maximum absolute atomic E-state index is 13.2. The van der Waals surface area contributed by atoms with Crippen molar-refractivity contribution in [3.05, 3.63) is 35.9 Å². The van der Waals surface area contributed by atoms with Crippen LogP contribution in [0.4, 0.5) is 0 Å². The molecule has 2 saturated heterocycles. The predicted octanol–water partition coefficient (Wildman–Crippen LogP) is -0.152. The van der Waals surface area contributed by atoms with Crippen LogP contribution in [0.2, 0.25) is 0 Å². The zero-order chi connectivity index (χ0) is 26.0. The van der Waals surface area contributed by atoms with Crippen LogP contribution in [0.5, 0.6) is 0 Å². The number of benzene rings is 1. The van der Waals surface area contributed by atoms with Gasteiger partial charge >= 0.3 is 5.97 Å². The largest absolute Gasteiger partial charge is 0.475 e. The number of carboxylic acids is 1. The smallest absolute Gasteiger partial charge is 0.374 e. The first-order valence-corrected chi connectivity index (χ1v) is 13.8. The lowest BCUT2D eigenvalue weighted by Gasteiger charge is -2.39. The number of hydrogen-bond acceptors (Lipinski definition) is 7. The molecule has 2 heterocycles. The second kappa shape index (κ2) is 10.7.